The van der Waals surface area contributed by atoms with Crippen molar-refractivity contribution in [2.24, 2.45) is 5.73 Å². The topological polar surface area (TPSA) is 78.6 Å². The summed E-state index contributed by atoms with van der Waals surface area (Å²) in [5, 5.41) is 4.36. The summed E-state index contributed by atoms with van der Waals surface area (Å²) in [5.74, 6) is 2.77. The van der Waals surface area contributed by atoms with E-state index in [1.54, 1.807) is 20.4 Å². The maximum absolute atomic E-state index is 6.16. The highest BCUT2D eigenvalue weighted by Crippen LogP contribution is 2.42. The van der Waals surface area contributed by atoms with Gasteiger partial charge in [-0.1, -0.05) is 6.42 Å². The summed E-state index contributed by atoms with van der Waals surface area (Å²) >= 11 is 0. The van der Waals surface area contributed by atoms with Crippen LogP contribution in [0.5, 0.6) is 23.0 Å². The molecule has 0 atom stereocenters. The molecule has 3 rings (SSSR count). The Bertz CT molecular complexity index is 897. The molecular formula is C22H27N3O3. The summed E-state index contributed by atoms with van der Waals surface area (Å²) in [6, 6.07) is 13.3. The van der Waals surface area contributed by atoms with Crippen molar-refractivity contribution in [3.8, 4) is 23.0 Å². The van der Waals surface area contributed by atoms with Crippen LogP contribution < -0.4 is 25.3 Å². The normalized spacial score (nSPS) is 10.7. The molecule has 0 aliphatic carbocycles. The van der Waals surface area contributed by atoms with Crippen molar-refractivity contribution in [2.45, 2.75) is 19.3 Å². The first-order valence-corrected chi connectivity index (χ1v) is 9.48. The first-order valence-electron chi connectivity index (χ1n) is 9.48. The number of nitrogens with one attached hydrogen (secondary N) is 1. The molecule has 0 saturated carbocycles. The molecule has 0 saturated heterocycles. The van der Waals surface area contributed by atoms with E-state index in [2.05, 4.69) is 10.3 Å². The van der Waals surface area contributed by atoms with Crippen LogP contribution in [-0.4, -0.2) is 32.3 Å². The molecule has 0 spiro atoms. The van der Waals surface area contributed by atoms with E-state index in [0.29, 0.717) is 17.2 Å². The Kier molecular flexibility index (Phi) is 6.92. The van der Waals surface area contributed by atoms with E-state index in [1.807, 2.05) is 42.5 Å². The van der Waals surface area contributed by atoms with Gasteiger partial charge in [-0.05, 0) is 55.8 Å². The first kappa shape index (κ1) is 19.8. The van der Waals surface area contributed by atoms with Gasteiger partial charge in [-0.15, -0.1) is 0 Å². The summed E-state index contributed by atoms with van der Waals surface area (Å²) in [4.78, 5) is 4.56. The lowest BCUT2D eigenvalue weighted by Crippen LogP contribution is -2.05. The summed E-state index contributed by atoms with van der Waals surface area (Å²) in [5.41, 5.74) is 7.35. The molecule has 0 bridgehead atoms. The fourth-order valence-corrected chi connectivity index (χ4v) is 3.02. The van der Waals surface area contributed by atoms with Gasteiger partial charge in [0, 0.05) is 24.2 Å². The Labute approximate surface area is 165 Å². The van der Waals surface area contributed by atoms with Crippen molar-refractivity contribution in [1.29, 1.82) is 0 Å². The number of benzene rings is 2. The molecule has 6 heteroatoms. The van der Waals surface area contributed by atoms with E-state index < -0.39 is 0 Å². The summed E-state index contributed by atoms with van der Waals surface area (Å²) in [6.07, 6.45) is 4.98. The number of methoxy groups -OCH3 is 2. The SMILES string of the molecule is COc1ccc(Oc2c(OC)cc(NCCCCCN)c3ncccc23)cc1. The number of nitrogens with zero attached hydrogens (tertiary/aromatic N) is 1. The third kappa shape index (κ3) is 4.64. The molecule has 3 aromatic rings. The van der Waals surface area contributed by atoms with Crippen LogP contribution in [0, 0.1) is 0 Å². The van der Waals surface area contributed by atoms with E-state index in [0.717, 1.165) is 54.7 Å². The average Bonchev–Trinajstić information content (AvgIpc) is 2.75. The zero-order valence-electron chi connectivity index (χ0n) is 16.4. The van der Waals surface area contributed by atoms with Gasteiger partial charge in [0.25, 0.3) is 0 Å². The molecule has 0 amide bonds. The van der Waals surface area contributed by atoms with E-state index in [4.69, 9.17) is 19.9 Å². The van der Waals surface area contributed by atoms with Gasteiger partial charge in [0.2, 0.25) is 0 Å². The number of rotatable bonds is 10. The van der Waals surface area contributed by atoms with Crippen LogP contribution in [0.4, 0.5) is 5.69 Å². The molecule has 148 valence electrons. The van der Waals surface area contributed by atoms with Gasteiger partial charge in [-0.2, -0.15) is 0 Å². The smallest absolute Gasteiger partial charge is 0.178 e. The molecular weight excluding hydrogens is 354 g/mol. The third-order valence-corrected chi connectivity index (χ3v) is 4.50. The van der Waals surface area contributed by atoms with Crippen LogP contribution in [0.25, 0.3) is 10.9 Å². The van der Waals surface area contributed by atoms with Crippen molar-refractivity contribution >= 4 is 16.6 Å². The first-order chi connectivity index (χ1) is 13.8. The second-order valence-corrected chi connectivity index (χ2v) is 6.41. The molecule has 1 heterocycles. The largest absolute Gasteiger partial charge is 0.497 e. The average molecular weight is 381 g/mol. The molecule has 0 aliphatic rings. The zero-order chi connectivity index (χ0) is 19.8. The van der Waals surface area contributed by atoms with Crippen LogP contribution in [0.3, 0.4) is 0 Å². The van der Waals surface area contributed by atoms with Crippen LogP contribution in [0.15, 0.2) is 48.7 Å². The third-order valence-electron chi connectivity index (χ3n) is 4.50. The van der Waals surface area contributed by atoms with E-state index in [-0.39, 0.29) is 0 Å². The molecule has 0 unspecified atom stereocenters. The van der Waals surface area contributed by atoms with Crippen LogP contribution in [-0.2, 0) is 0 Å². The van der Waals surface area contributed by atoms with E-state index in [1.165, 1.54) is 0 Å². The Morgan fingerprint density at radius 1 is 0.964 bits per heavy atom. The number of hydrogen-bond acceptors (Lipinski definition) is 6. The molecule has 0 radical (unpaired) electrons. The van der Waals surface area contributed by atoms with Gasteiger partial charge in [-0.25, -0.2) is 0 Å². The molecule has 6 nitrogen and oxygen atoms in total. The highest BCUT2D eigenvalue weighted by molar-refractivity contribution is 5.97. The molecule has 3 N–H and O–H groups in total. The molecule has 28 heavy (non-hydrogen) atoms. The molecule has 0 fully saturated rings. The lowest BCUT2D eigenvalue weighted by molar-refractivity contribution is 0.380. The molecule has 1 aromatic heterocycles. The second-order valence-electron chi connectivity index (χ2n) is 6.41. The van der Waals surface area contributed by atoms with E-state index in [9.17, 15) is 0 Å². The summed E-state index contributed by atoms with van der Waals surface area (Å²) < 4.78 is 17.0. The highest BCUT2D eigenvalue weighted by Gasteiger charge is 2.16. The minimum atomic E-state index is 0.643. The summed E-state index contributed by atoms with van der Waals surface area (Å²) in [7, 11) is 3.28. The Morgan fingerprint density at radius 2 is 1.75 bits per heavy atom. The Hall–Kier alpha value is -2.99. The van der Waals surface area contributed by atoms with Gasteiger partial charge >= 0.3 is 0 Å². The fourth-order valence-electron chi connectivity index (χ4n) is 3.02. The standard InChI is InChI=1S/C22H27N3O3/c1-26-16-8-10-17(11-9-16)28-22-18-7-6-14-25-21(18)19(15-20(22)27-2)24-13-5-3-4-12-23/h6-11,14-15,24H,3-5,12-13,23H2,1-2H3. The number of nitrogens with two attached hydrogens (primary N) is 1. The second kappa shape index (κ2) is 9.80. The van der Waals surface area contributed by atoms with Crippen molar-refractivity contribution in [3.63, 3.8) is 0 Å². The van der Waals surface area contributed by atoms with Crippen LogP contribution in [0.2, 0.25) is 0 Å². The number of anilines is 1. The monoisotopic (exact) mass is 381 g/mol. The Morgan fingerprint density at radius 3 is 2.46 bits per heavy atom. The lowest BCUT2D eigenvalue weighted by Gasteiger charge is -2.17. The Balaban J connectivity index is 1.90. The van der Waals surface area contributed by atoms with Gasteiger partial charge in [0.05, 0.1) is 25.4 Å². The lowest BCUT2D eigenvalue weighted by atomic mass is 10.1. The van der Waals surface area contributed by atoms with Crippen molar-refractivity contribution < 1.29 is 14.2 Å². The number of fused-ring (bicyclic) bond motifs is 1. The minimum Gasteiger partial charge on any atom is -0.497 e. The highest BCUT2D eigenvalue weighted by atomic mass is 16.5. The number of aromatic nitrogens is 1. The van der Waals surface area contributed by atoms with Crippen LogP contribution >= 0.6 is 0 Å². The van der Waals surface area contributed by atoms with Crippen molar-refractivity contribution in [1.82, 2.24) is 4.98 Å². The number of ether oxygens (including phenoxy) is 3. The van der Waals surface area contributed by atoms with Crippen LogP contribution in [0.1, 0.15) is 19.3 Å². The number of unbranched alkanes of at least 4 members (excludes halogenated alkanes) is 2. The molecule has 0 aliphatic heterocycles. The molecule has 2 aromatic carbocycles. The van der Waals surface area contributed by atoms with Gasteiger partial charge in [0.1, 0.15) is 11.5 Å². The maximum Gasteiger partial charge on any atom is 0.178 e. The fraction of sp³-hybridized carbons (Fsp3) is 0.318. The maximum atomic E-state index is 6.16. The van der Waals surface area contributed by atoms with Gasteiger partial charge < -0.3 is 25.3 Å². The van der Waals surface area contributed by atoms with Gasteiger partial charge in [0.15, 0.2) is 11.5 Å². The number of pyridine rings is 1. The summed E-state index contributed by atoms with van der Waals surface area (Å²) in [6.45, 7) is 1.59. The van der Waals surface area contributed by atoms with Gasteiger partial charge in [-0.3, -0.25) is 4.98 Å². The number of hydrogen-bond donors (Lipinski definition) is 2. The zero-order valence-corrected chi connectivity index (χ0v) is 16.4. The van der Waals surface area contributed by atoms with Crippen molar-refractivity contribution in [2.75, 3.05) is 32.6 Å². The van der Waals surface area contributed by atoms with Crippen molar-refractivity contribution in [3.05, 3.63) is 48.7 Å². The van der Waals surface area contributed by atoms with E-state index >= 15 is 0 Å². The predicted octanol–water partition coefficient (Wildman–Crippen LogP) is 4.59. The minimum absolute atomic E-state index is 0.643. The predicted molar refractivity (Wildman–Crippen MR) is 113 cm³/mol. The quantitative estimate of drug-likeness (QED) is 0.500.